The molecule has 0 saturated heterocycles. The van der Waals surface area contributed by atoms with Crippen LogP contribution < -0.4 is 9.47 Å². The highest BCUT2D eigenvalue weighted by Gasteiger charge is 2.29. The van der Waals surface area contributed by atoms with E-state index in [4.69, 9.17) is 18.9 Å². The monoisotopic (exact) mass is 394 g/mol. The highest BCUT2D eigenvalue weighted by Crippen LogP contribution is 2.42. The number of phenolic OH excluding ortho intramolecular Hbond substituents is 1. The summed E-state index contributed by atoms with van der Waals surface area (Å²) >= 11 is 0. The summed E-state index contributed by atoms with van der Waals surface area (Å²) in [5, 5.41) is 12.0. The molecule has 0 amide bonds. The summed E-state index contributed by atoms with van der Waals surface area (Å²) < 4.78 is 22.1. The lowest BCUT2D eigenvalue weighted by atomic mass is 9.93. The molecule has 4 rings (SSSR count). The third-order valence-electron chi connectivity index (χ3n) is 4.90. The van der Waals surface area contributed by atoms with Gasteiger partial charge in [0.1, 0.15) is 28.9 Å². The molecule has 0 aliphatic carbocycles. The largest absolute Gasteiger partial charge is 0.506 e. The Hall–Kier alpha value is -3.25. The number of hydrogen-bond donors (Lipinski definition) is 1. The van der Waals surface area contributed by atoms with Crippen LogP contribution in [0.3, 0.4) is 0 Å². The maximum atomic E-state index is 12.3. The Morgan fingerprint density at radius 1 is 1.17 bits per heavy atom. The molecule has 1 N–H and O–H groups in total. The predicted octanol–water partition coefficient (Wildman–Crippen LogP) is 4.21. The van der Waals surface area contributed by atoms with E-state index in [1.165, 1.54) is 0 Å². The first-order chi connectivity index (χ1) is 14.1. The number of carbonyl (C=O) groups is 1. The van der Waals surface area contributed by atoms with Crippen LogP contribution in [0.15, 0.2) is 48.5 Å². The van der Waals surface area contributed by atoms with Gasteiger partial charge in [-0.15, -0.1) is 0 Å². The molecule has 1 aliphatic rings. The zero-order valence-corrected chi connectivity index (χ0v) is 16.3. The van der Waals surface area contributed by atoms with Gasteiger partial charge in [0.15, 0.2) is 6.79 Å². The normalized spacial score (nSPS) is 15.7. The molecule has 6 heteroatoms. The molecule has 0 saturated carbocycles. The molecule has 0 spiro atoms. The standard InChI is InChI=1S/C23H22O6/c1-14-8-16-9-17-10-18(26-2)11-19(20(17)22(24)21(16)23(25)29-14)28-13-27-12-15-6-4-3-5-7-15/h3-7,9-11,14,24H,8,12-13H2,1-2H3/t14-/m0/s1. The summed E-state index contributed by atoms with van der Waals surface area (Å²) in [4.78, 5) is 12.3. The summed E-state index contributed by atoms with van der Waals surface area (Å²) in [6, 6.07) is 15.1. The lowest BCUT2D eigenvalue weighted by molar-refractivity contribution is 0.00576. The van der Waals surface area contributed by atoms with Gasteiger partial charge >= 0.3 is 5.97 Å². The molecule has 0 fully saturated rings. The summed E-state index contributed by atoms with van der Waals surface area (Å²) in [6.07, 6.45) is 0.303. The summed E-state index contributed by atoms with van der Waals surface area (Å²) in [5.74, 6) is 0.288. The van der Waals surface area contributed by atoms with E-state index < -0.39 is 5.97 Å². The average molecular weight is 394 g/mol. The number of ether oxygens (including phenoxy) is 4. The van der Waals surface area contributed by atoms with Crippen LogP contribution in [0.4, 0.5) is 0 Å². The molecule has 0 bridgehead atoms. The zero-order chi connectivity index (χ0) is 20.4. The van der Waals surface area contributed by atoms with Crippen molar-refractivity contribution in [1.82, 2.24) is 0 Å². The van der Waals surface area contributed by atoms with Crippen LogP contribution in [0.1, 0.15) is 28.4 Å². The van der Waals surface area contributed by atoms with Gasteiger partial charge in [-0.1, -0.05) is 30.3 Å². The van der Waals surface area contributed by atoms with Gasteiger partial charge in [-0.25, -0.2) is 4.79 Å². The first-order valence-corrected chi connectivity index (χ1v) is 9.39. The molecule has 3 aromatic carbocycles. The number of carbonyl (C=O) groups excluding carboxylic acids is 1. The molecule has 1 atom stereocenters. The fourth-order valence-corrected chi connectivity index (χ4v) is 3.57. The number of aromatic hydroxyl groups is 1. The number of phenols is 1. The van der Waals surface area contributed by atoms with Crippen molar-refractivity contribution in [2.24, 2.45) is 0 Å². The number of hydrogen-bond acceptors (Lipinski definition) is 6. The minimum absolute atomic E-state index is 0.0187. The minimum Gasteiger partial charge on any atom is -0.506 e. The maximum absolute atomic E-state index is 12.3. The molecule has 6 nitrogen and oxygen atoms in total. The molecule has 0 radical (unpaired) electrons. The van der Waals surface area contributed by atoms with E-state index in [2.05, 4.69) is 0 Å². The van der Waals surface area contributed by atoms with Crippen molar-refractivity contribution in [1.29, 1.82) is 0 Å². The number of rotatable bonds is 6. The molecule has 0 unspecified atom stereocenters. The van der Waals surface area contributed by atoms with Gasteiger partial charge in [0.2, 0.25) is 0 Å². The van der Waals surface area contributed by atoms with Gasteiger partial charge in [-0.2, -0.15) is 0 Å². The number of methoxy groups -OCH3 is 1. The fourth-order valence-electron chi connectivity index (χ4n) is 3.57. The second-order valence-corrected chi connectivity index (χ2v) is 7.00. The van der Waals surface area contributed by atoms with Crippen LogP contribution in [-0.4, -0.2) is 31.1 Å². The van der Waals surface area contributed by atoms with Crippen molar-refractivity contribution < 1.29 is 28.8 Å². The Bertz CT molecular complexity index is 1040. The van der Waals surface area contributed by atoms with Crippen LogP contribution in [0.25, 0.3) is 10.8 Å². The van der Waals surface area contributed by atoms with Gasteiger partial charge in [-0.3, -0.25) is 0 Å². The molecule has 3 aromatic rings. The van der Waals surface area contributed by atoms with Crippen molar-refractivity contribution >= 4 is 16.7 Å². The Balaban J connectivity index is 1.65. The first kappa shape index (κ1) is 19.1. The Morgan fingerprint density at radius 2 is 1.97 bits per heavy atom. The Labute approximate surface area is 168 Å². The van der Waals surface area contributed by atoms with Crippen LogP contribution in [-0.2, 0) is 22.5 Å². The van der Waals surface area contributed by atoms with Crippen LogP contribution in [0, 0.1) is 0 Å². The van der Waals surface area contributed by atoms with Gasteiger partial charge < -0.3 is 24.1 Å². The van der Waals surface area contributed by atoms with Gasteiger partial charge in [0.05, 0.1) is 19.1 Å². The summed E-state index contributed by atoms with van der Waals surface area (Å²) in [5.41, 5.74) is 1.97. The van der Waals surface area contributed by atoms with Crippen molar-refractivity contribution in [3.63, 3.8) is 0 Å². The fraction of sp³-hybridized carbons (Fsp3) is 0.261. The smallest absolute Gasteiger partial charge is 0.342 e. The summed E-state index contributed by atoms with van der Waals surface area (Å²) in [7, 11) is 1.56. The van der Waals surface area contributed by atoms with Gasteiger partial charge in [0, 0.05) is 12.5 Å². The third kappa shape index (κ3) is 3.84. The Morgan fingerprint density at radius 3 is 2.72 bits per heavy atom. The molecular formula is C23H22O6. The maximum Gasteiger partial charge on any atom is 0.342 e. The molecular weight excluding hydrogens is 372 g/mol. The molecule has 150 valence electrons. The van der Waals surface area contributed by atoms with Crippen LogP contribution in [0.5, 0.6) is 17.2 Å². The minimum atomic E-state index is -0.528. The molecule has 0 aromatic heterocycles. The highest BCUT2D eigenvalue weighted by molar-refractivity contribution is 6.06. The van der Waals surface area contributed by atoms with Crippen molar-refractivity contribution in [2.45, 2.75) is 26.1 Å². The van der Waals surface area contributed by atoms with E-state index in [1.807, 2.05) is 43.3 Å². The van der Waals surface area contributed by atoms with Crippen LogP contribution >= 0.6 is 0 Å². The van der Waals surface area contributed by atoms with Gasteiger partial charge in [0.25, 0.3) is 0 Å². The van der Waals surface area contributed by atoms with Crippen molar-refractivity contribution in [2.75, 3.05) is 13.9 Å². The van der Waals surface area contributed by atoms with E-state index >= 15 is 0 Å². The van der Waals surface area contributed by atoms with E-state index in [9.17, 15) is 9.90 Å². The summed E-state index contributed by atoms with van der Waals surface area (Å²) in [6.45, 7) is 2.20. The third-order valence-corrected chi connectivity index (χ3v) is 4.90. The van der Waals surface area contributed by atoms with Crippen molar-refractivity contribution in [3.05, 3.63) is 65.2 Å². The van der Waals surface area contributed by atoms with E-state index in [-0.39, 0.29) is 24.2 Å². The quantitative estimate of drug-likeness (QED) is 0.384. The first-order valence-electron chi connectivity index (χ1n) is 9.39. The number of benzene rings is 3. The van der Waals surface area contributed by atoms with Gasteiger partial charge in [-0.05, 0) is 35.6 Å². The predicted molar refractivity (Wildman–Crippen MR) is 107 cm³/mol. The molecule has 29 heavy (non-hydrogen) atoms. The zero-order valence-electron chi connectivity index (χ0n) is 16.3. The second kappa shape index (κ2) is 8.01. The highest BCUT2D eigenvalue weighted by atomic mass is 16.7. The van der Waals surface area contributed by atoms with Crippen LogP contribution in [0.2, 0.25) is 0 Å². The van der Waals surface area contributed by atoms with E-state index in [1.54, 1.807) is 19.2 Å². The van der Waals surface area contributed by atoms with E-state index in [0.717, 1.165) is 16.5 Å². The van der Waals surface area contributed by atoms with Crippen molar-refractivity contribution in [3.8, 4) is 17.2 Å². The number of cyclic esters (lactones) is 1. The molecule has 1 heterocycles. The number of fused-ring (bicyclic) bond motifs is 2. The lowest BCUT2D eigenvalue weighted by Gasteiger charge is -2.24. The SMILES string of the molecule is COc1cc(OCOCc2ccccc2)c2c(O)c3c(cc2c1)C[C@H](C)OC3=O. The average Bonchev–Trinajstić information content (AvgIpc) is 2.70. The number of esters is 1. The topological polar surface area (TPSA) is 74.2 Å². The second-order valence-electron chi connectivity index (χ2n) is 7.00. The van der Waals surface area contributed by atoms with E-state index in [0.29, 0.717) is 29.9 Å². The molecule has 1 aliphatic heterocycles. The Kier molecular flexibility index (Phi) is 5.27. The lowest BCUT2D eigenvalue weighted by Crippen LogP contribution is -2.25.